The van der Waals surface area contributed by atoms with Crippen LogP contribution >= 0.6 is 11.8 Å². The molecule has 5 heteroatoms. The SMILES string of the molecule is COCCCSc1cc(C(=O)OC)ccc1N. The molecule has 1 aromatic rings. The van der Waals surface area contributed by atoms with Crippen molar-refractivity contribution in [2.24, 2.45) is 0 Å². The van der Waals surface area contributed by atoms with Crippen LogP contribution in [0.2, 0.25) is 0 Å². The van der Waals surface area contributed by atoms with E-state index in [-0.39, 0.29) is 5.97 Å². The molecule has 0 atom stereocenters. The molecular weight excluding hydrogens is 238 g/mol. The van der Waals surface area contributed by atoms with Crippen LogP contribution in [0.15, 0.2) is 23.1 Å². The molecule has 0 bridgehead atoms. The predicted molar refractivity (Wildman–Crippen MR) is 69.4 cm³/mol. The van der Waals surface area contributed by atoms with Gasteiger partial charge in [0.1, 0.15) is 0 Å². The van der Waals surface area contributed by atoms with E-state index in [1.54, 1.807) is 37.1 Å². The van der Waals surface area contributed by atoms with Gasteiger partial charge in [-0.1, -0.05) is 0 Å². The first-order valence-corrected chi connectivity index (χ1v) is 6.27. The molecule has 0 aliphatic carbocycles. The topological polar surface area (TPSA) is 61.5 Å². The van der Waals surface area contributed by atoms with Crippen molar-refractivity contribution in [2.75, 3.05) is 32.3 Å². The predicted octanol–water partition coefficient (Wildman–Crippen LogP) is 2.18. The zero-order chi connectivity index (χ0) is 12.7. The van der Waals surface area contributed by atoms with E-state index in [9.17, 15) is 4.79 Å². The third kappa shape index (κ3) is 4.28. The minimum absolute atomic E-state index is 0.344. The van der Waals surface area contributed by atoms with Crippen molar-refractivity contribution in [3.8, 4) is 0 Å². The average molecular weight is 255 g/mol. The van der Waals surface area contributed by atoms with Gasteiger partial charge in [0.2, 0.25) is 0 Å². The fraction of sp³-hybridized carbons (Fsp3) is 0.417. The van der Waals surface area contributed by atoms with Crippen molar-refractivity contribution in [3.05, 3.63) is 23.8 Å². The molecule has 1 rings (SSSR count). The van der Waals surface area contributed by atoms with E-state index in [4.69, 9.17) is 10.5 Å². The molecule has 0 radical (unpaired) electrons. The number of thioether (sulfide) groups is 1. The highest BCUT2D eigenvalue weighted by molar-refractivity contribution is 7.99. The molecule has 2 N–H and O–H groups in total. The number of hydrogen-bond acceptors (Lipinski definition) is 5. The van der Waals surface area contributed by atoms with Crippen LogP contribution in [0, 0.1) is 0 Å². The van der Waals surface area contributed by atoms with Gasteiger partial charge in [0, 0.05) is 30.1 Å². The number of anilines is 1. The van der Waals surface area contributed by atoms with Crippen LogP contribution < -0.4 is 5.73 Å². The molecule has 1 aromatic carbocycles. The maximum Gasteiger partial charge on any atom is 0.337 e. The highest BCUT2D eigenvalue weighted by atomic mass is 32.2. The molecule has 0 aliphatic rings. The van der Waals surface area contributed by atoms with Crippen LogP contribution in [0.25, 0.3) is 0 Å². The molecule has 0 aromatic heterocycles. The third-order valence-corrected chi connectivity index (χ3v) is 3.34. The second-order valence-corrected chi connectivity index (χ2v) is 4.58. The summed E-state index contributed by atoms with van der Waals surface area (Å²) in [6, 6.07) is 5.16. The Hall–Kier alpha value is -1.20. The van der Waals surface area contributed by atoms with Gasteiger partial charge in [0.15, 0.2) is 0 Å². The number of benzene rings is 1. The Morgan fingerprint density at radius 2 is 2.18 bits per heavy atom. The first kappa shape index (κ1) is 13.9. The van der Waals surface area contributed by atoms with Gasteiger partial charge in [-0.2, -0.15) is 0 Å². The number of ether oxygens (including phenoxy) is 2. The van der Waals surface area contributed by atoms with Gasteiger partial charge in [0.25, 0.3) is 0 Å². The first-order chi connectivity index (χ1) is 8.19. The summed E-state index contributed by atoms with van der Waals surface area (Å²) in [5.41, 5.74) is 7.05. The quantitative estimate of drug-likeness (QED) is 0.365. The van der Waals surface area contributed by atoms with Crippen molar-refractivity contribution in [1.82, 2.24) is 0 Å². The second-order valence-electron chi connectivity index (χ2n) is 3.44. The van der Waals surface area contributed by atoms with Gasteiger partial charge in [-0.3, -0.25) is 0 Å². The smallest absolute Gasteiger partial charge is 0.337 e. The van der Waals surface area contributed by atoms with Crippen molar-refractivity contribution < 1.29 is 14.3 Å². The van der Waals surface area contributed by atoms with E-state index in [2.05, 4.69) is 4.74 Å². The fourth-order valence-corrected chi connectivity index (χ4v) is 2.22. The Bertz CT molecular complexity index is 382. The number of nitrogens with two attached hydrogens (primary N) is 1. The number of carbonyl (C=O) groups excluding carboxylic acids is 1. The number of methoxy groups -OCH3 is 2. The molecule has 0 saturated carbocycles. The van der Waals surface area contributed by atoms with Crippen molar-refractivity contribution in [3.63, 3.8) is 0 Å². The fourth-order valence-electron chi connectivity index (χ4n) is 1.29. The number of nitrogen functional groups attached to an aromatic ring is 1. The second kappa shape index (κ2) is 7.19. The van der Waals surface area contributed by atoms with Gasteiger partial charge in [0.05, 0.1) is 12.7 Å². The summed E-state index contributed by atoms with van der Waals surface area (Å²) >= 11 is 1.62. The summed E-state index contributed by atoms with van der Waals surface area (Å²) in [6.45, 7) is 0.726. The Balaban J connectivity index is 2.66. The molecular formula is C12H17NO3S. The summed E-state index contributed by atoms with van der Waals surface area (Å²) in [4.78, 5) is 12.3. The molecule has 94 valence electrons. The third-order valence-electron chi connectivity index (χ3n) is 2.19. The summed E-state index contributed by atoms with van der Waals surface area (Å²) in [5, 5.41) is 0. The van der Waals surface area contributed by atoms with Gasteiger partial charge in [-0.25, -0.2) is 4.79 Å². The van der Waals surface area contributed by atoms with Crippen LogP contribution in [0.5, 0.6) is 0 Å². The molecule has 0 spiro atoms. The molecule has 0 saturated heterocycles. The Morgan fingerprint density at radius 3 is 2.82 bits per heavy atom. The Morgan fingerprint density at radius 1 is 1.41 bits per heavy atom. The minimum Gasteiger partial charge on any atom is -0.465 e. The highest BCUT2D eigenvalue weighted by Gasteiger charge is 2.08. The zero-order valence-electron chi connectivity index (χ0n) is 10.1. The van der Waals surface area contributed by atoms with Crippen LogP contribution in [0.4, 0.5) is 5.69 Å². The summed E-state index contributed by atoms with van der Waals surface area (Å²) in [6.07, 6.45) is 0.947. The molecule has 0 fully saturated rings. The molecule has 4 nitrogen and oxygen atoms in total. The van der Waals surface area contributed by atoms with Gasteiger partial charge in [-0.05, 0) is 24.6 Å². The Kier molecular flexibility index (Phi) is 5.86. The maximum atomic E-state index is 11.4. The minimum atomic E-state index is -0.344. The van der Waals surface area contributed by atoms with E-state index < -0.39 is 0 Å². The van der Waals surface area contributed by atoms with Gasteiger partial charge in [-0.15, -0.1) is 11.8 Å². The number of rotatable bonds is 6. The van der Waals surface area contributed by atoms with Gasteiger partial charge >= 0.3 is 5.97 Å². The zero-order valence-corrected chi connectivity index (χ0v) is 10.9. The van der Waals surface area contributed by atoms with Crippen LogP contribution in [-0.4, -0.2) is 32.5 Å². The van der Waals surface area contributed by atoms with Crippen molar-refractivity contribution in [2.45, 2.75) is 11.3 Å². The molecule has 0 aliphatic heterocycles. The van der Waals surface area contributed by atoms with E-state index in [1.807, 2.05) is 0 Å². The van der Waals surface area contributed by atoms with E-state index in [1.165, 1.54) is 7.11 Å². The van der Waals surface area contributed by atoms with E-state index in [0.717, 1.165) is 23.7 Å². The molecule has 17 heavy (non-hydrogen) atoms. The highest BCUT2D eigenvalue weighted by Crippen LogP contribution is 2.26. The van der Waals surface area contributed by atoms with E-state index >= 15 is 0 Å². The van der Waals surface area contributed by atoms with Gasteiger partial charge < -0.3 is 15.2 Å². The number of carbonyl (C=O) groups is 1. The van der Waals surface area contributed by atoms with Crippen LogP contribution in [-0.2, 0) is 9.47 Å². The lowest BCUT2D eigenvalue weighted by Gasteiger charge is -2.07. The van der Waals surface area contributed by atoms with E-state index in [0.29, 0.717) is 11.3 Å². The van der Waals surface area contributed by atoms with Crippen LogP contribution in [0.1, 0.15) is 16.8 Å². The number of esters is 1. The lowest BCUT2D eigenvalue weighted by Crippen LogP contribution is -2.02. The van der Waals surface area contributed by atoms with Crippen molar-refractivity contribution in [1.29, 1.82) is 0 Å². The lowest BCUT2D eigenvalue weighted by atomic mass is 10.2. The number of hydrogen-bond donors (Lipinski definition) is 1. The first-order valence-electron chi connectivity index (χ1n) is 5.28. The average Bonchev–Trinajstić information content (AvgIpc) is 2.35. The molecule has 0 heterocycles. The molecule has 0 unspecified atom stereocenters. The lowest BCUT2D eigenvalue weighted by molar-refractivity contribution is 0.0600. The van der Waals surface area contributed by atoms with Crippen LogP contribution in [0.3, 0.4) is 0 Å². The summed E-state index contributed by atoms with van der Waals surface area (Å²) < 4.78 is 9.64. The largest absolute Gasteiger partial charge is 0.465 e. The Labute approximate surface area is 105 Å². The van der Waals surface area contributed by atoms with Crippen molar-refractivity contribution >= 4 is 23.4 Å². The summed E-state index contributed by atoms with van der Waals surface area (Å²) in [7, 11) is 3.04. The maximum absolute atomic E-state index is 11.4. The monoisotopic (exact) mass is 255 g/mol. The molecule has 0 amide bonds. The summed E-state index contributed by atoms with van der Waals surface area (Å²) in [5.74, 6) is 0.562. The standard InChI is InChI=1S/C12H17NO3S/c1-15-6-3-7-17-11-8-9(12(14)16-2)4-5-10(11)13/h4-5,8H,3,6-7,13H2,1-2H3. The normalized spacial score (nSPS) is 10.2.